The van der Waals surface area contributed by atoms with E-state index in [1.807, 2.05) is 0 Å². The van der Waals surface area contributed by atoms with Crippen molar-refractivity contribution in [3.8, 4) is 0 Å². The highest BCUT2D eigenvalue weighted by Crippen LogP contribution is 2.24. The second kappa shape index (κ2) is 6.39. The Morgan fingerprint density at radius 1 is 0.800 bits per heavy atom. The van der Waals surface area contributed by atoms with Crippen LogP contribution in [0.25, 0.3) is 0 Å². The highest BCUT2D eigenvalue weighted by atomic mass is 16.3. The second-order valence-corrected chi connectivity index (χ2v) is 5.75. The van der Waals surface area contributed by atoms with Crippen molar-refractivity contribution >= 4 is 11.6 Å². The summed E-state index contributed by atoms with van der Waals surface area (Å²) in [6.45, 7) is 4.20. The molecule has 0 aliphatic carbocycles. The first-order valence-corrected chi connectivity index (χ1v) is 7.85. The van der Waals surface area contributed by atoms with Crippen LogP contribution in [0, 0.1) is 0 Å². The molecule has 0 aromatic carbocycles. The molecular formula is C15H24N4O. The lowest BCUT2D eigenvalue weighted by atomic mass is 10.1. The first-order chi connectivity index (χ1) is 9.86. The average Bonchev–Trinajstić information content (AvgIpc) is 2.56. The number of aliphatic hydroxyl groups is 1. The van der Waals surface area contributed by atoms with E-state index in [0.29, 0.717) is 5.82 Å². The Balaban J connectivity index is 1.85. The van der Waals surface area contributed by atoms with Gasteiger partial charge >= 0.3 is 0 Å². The normalized spacial score (nSPS) is 20.2. The standard InChI is InChI=1S/C15H24N4O/c20-12-13-16-14(18-7-3-1-4-8-18)11-15(17-13)19-9-5-2-6-10-19/h11,20H,1-10,12H2. The molecule has 2 aliphatic rings. The molecule has 20 heavy (non-hydrogen) atoms. The van der Waals surface area contributed by atoms with E-state index < -0.39 is 0 Å². The van der Waals surface area contributed by atoms with Crippen molar-refractivity contribution in [3.05, 3.63) is 11.9 Å². The zero-order chi connectivity index (χ0) is 13.8. The first-order valence-electron chi connectivity index (χ1n) is 7.85. The first kappa shape index (κ1) is 13.6. The van der Waals surface area contributed by atoms with Crippen LogP contribution in [0.5, 0.6) is 0 Å². The number of hydrogen-bond donors (Lipinski definition) is 1. The van der Waals surface area contributed by atoms with Gasteiger partial charge in [-0.2, -0.15) is 0 Å². The Kier molecular flexibility index (Phi) is 4.35. The number of piperidine rings is 2. The van der Waals surface area contributed by atoms with Crippen LogP contribution >= 0.6 is 0 Å². The lowest BCUT2D eigenvalue weighted by Crippen LogP contribution is -2.33. The Morgan fingerprint density at radius 2 is 1.25 bits per heavy atom. The van der Waals surface area contributed by atoms with Crippen molar-refractivity contribution in [2.45, 2.75) is 45.1 Å². The van der Waals surface area contributed by atoms with Gasteiger partial charge in [-0.1, -0.05) is 0 Å². The van der Waals surface area contributed by atoms with Gasteiger partial charge in [-0.25, -0.2) is 9.97 Å². The van der Waals surface area contributed by atoms with Crippen LogP contribution in [-0.2, 0) is 6.61 Å². The topological polar surface area (TPSA) is 52.5 Å². The fourth-order valence-electron chi connectivity index (χ4n) is 3.11. The van der Waals surface area contributed by atoms with Gasteiger partial charge in [0.2, 0.25) is 0 Å². The van der Waals surface area contributed by atoms with E-state index in [1.165, 1.54) is 38.5 Å². The molecule has 2 aliphatic heterocycles. The summed E-state index contributed by atoms with van der Waals surface area (Å²) in [6, 6.07) is 2.11. The van der Waals surface area contributed by atoms with Gasteiger partial charge in [0, 0.05) is 32.2 Å². The summed E-state index contributed by atoms with van der Waals surface area (Å²) in [4.78, 5) is 13.7. The molecule has 0 unspecified atom stereocenters. The van der Waals surface area contributed by atoms with Crippen LogP contribution in [0.15, 0.2) is 6.07 Å². The Hall–Kier alpha value is -1.36. The van der Waals surface area contributed by atoms with E-state index >= 15 is 0 Å². The van der Waals surface area contributed by atoms with E-state index in [9.17, 15) is 5.11 Å². The fraction of sp³-hybridized carbons (Fsp3) is 0.733. The van der Waals surface area contributed by atoms with Gasteiger partial charge in [0.05, 0.1) is 0 Å². The molecule has 0 bridgehead atoms. The third-order valence-electron chi connectivity index (χ3n) is 4.25. The van der Waals surface area contributed by atoms with Gasteiger partial charge in [-0.05, 0) is 38.5 Å². The summed E-state index contributed by atoms with van der Waals surface area (Å²) in [5.74, 6) is 2.53. The molecule has 110 valence electrons. The summed E-state index contributed by atoms with van der Waals surface area (Å²) in [6.07, 6.45) is 7.56. The predicted molar refractivity (Wildman–Crippen MR) is 80.1 cm³/mol. The molecule has 0 spiro atoms. The Bertz CT molecular complexity index is 403. The Labute approximate surface area is 120 Å². The number of nitrogens with zero attached hydrogens (tertiary/aromatic N) is 4. The van der Waals surface area contributed by atoms with E-state index in [-0.39, 0.29) is 6.61 Å². The number of anilines is 2. The van der Waals surface area contributed by atoms with Gasteiger partial charge in [-0.15, -0.1) is 0 Å². The third kappa shape index (κ3) is 3.03. The van der Waals surface area contributed by atoms with Crippen LogP contribution in [0.1, 0.15) is 44.3 Å². The van der Waals surface area contributed by atoms with Crippen molar-refractivity contribution < 1.29 is 5.11 Å². The summed E-state index contributed by atoms with van der Waals surface area (Å²) < 4.78 is 0. The molecule has 5 nitrogen and oxygen atoms in total. The van der Waals surface area contributed by atoms with E-state index in [0.717, 1.165) is 37.8 Å². The molecule has 2 fully saturated rings. The second-order valence-electron chi connectivity index (χ2n) is 5.75. The minimum Gasteiger partial charge on any atom is -0.388 e. The van der Waals surface area contributed by atoms with E-state index in [4.69, 9.17) is 0 Å². The smallest absolute Gasteiger partial charge is 0.158 e. The molecule has 2 saturated heterocycles. The SMILES string of the molecule is OCc1nc(N2CCCCC2)cc(N2CCCCC2)n1. The lowest BCUT2D eigenvalue weighted by Gasteiger charge is -2.31. The monoisotopic (exact) mass is 276 g/mol. The van der Waals surface area contributed by atoms with Crippen LogP contribution in [0.3, 0.4) is 0 Å². The molecule has 3 heterocycles. The summed E-state index contributed by atoms with van der Waals surface area (Å²) in [5.41, 5.74) is 0. The van der Waals surface area contributed by atoms with Crippen molar-refractivity contribution in [2.75, 3.05) is 36.0 Å². The largest absolute Gasteiger partial charge is 0.388 e. The maximum absolute atomic E-state index is 9.42. The maximum Gasteiger partial charge on any atom is 0.158 e. The van der Waals surface area contributed by atoms with Gasteiger partial charge in [-0.3, -0.25) is 0 Å². The van der Waals surface area contributed by atoms with Gasteiger partial charge in [0.25, 0.3) is 0 Å². The molecule has 0 saturated carbocycles. The lowest BCUT2D eigenvalue weighted by molar-refractivity contribution is 0.271. The summed E-state index contributed by atoms with van der Waals surface area (Å²) in [7, 11) is 0. The quantitative estimate of drug-likeness (QED) is 0.914. The molecule has 0 radical (unpaired) electrons. The van der Waals surface area contributed by atoms with Crippen molar-refractivity contribution in [1.29, 1.82) is 0 Å². The van der Waals surface area contributed by atoms with Crippen molar-refractivity contribution in [2.24, 2.45) is 0 Å². The highest BCUT2D eigenvalue weighted by molar-refractivity contribution is 5.51. The molecule has 3 rings (SSSR count). The molecule has 1 N–H and O–H groups in total. The molecule has 1 aromatic heterocycles. The zero-order valence-corrected chi connectivity index (χ0v) is 12.1. The molecule has 5 heteroatoms. The van der Waals surface area contributed by atoms with Gasteiger partial charge in [0.15, 0.2) is 5.82 Å². The minimum absolute atomic E-state index is 0.0808. The van der Waals surface area contributed by atoms with Crippen LogP contribution in [0.4, 0.5) is 11.6 Å². The zero-order valence-electron chi connectivity index (χ0n) is 12.1. The van der Waals surface area contributed by atoms with E-state index in [2.05, 4.69) is 25.8 Å². The van der Waals surface area contributed by atoms with Crippen LogP contribution in [0.2, 0.25) is 0 Å². The third-order valence-corrected chi connectivity index (χ3v) is 4.25. The van der Waals surface area contributed by atoms with Crippen LogP contribution in [-0.4, -0.2) is 41.3 Å². The van der Waals surface area contributed by atoms with Crippen molar-refractivity contribution in [3.63, 3.8) is 0 Å². The average molecular weight is 276 g/mol. The van der Waals surface area contributed by atoms with E-state index in [1.54, 1.807) is 0 Å². The van der Waals surface area contributed by atoms with Crippen molar-refractivity contribution in [1.82, 2.24) is 9.97 Å². The summed E-state index contributed by atoms with van der Waals surface area (Å²) >= 11 is 0. The number of aliphatic hydroxyl groups excluding tert-OH is 1. The maximum atomic E-state index is 9.42. The number of aromatic nitrogens is 2. The highest BCUT2D eigenvalue weighted by Gasteiger charge is 2.18. The minimum atomic E-state index is -0.0808. The molecular weight excluding hydrogens is 252 g/mol. The Morgan fingerprint density at radius 3 is 1.65 bits per heavy atom. The van der Waals surface area contributed by atoms with Crippen LogP contribution < -0.4 is 9.80 Å². The predicted octanol–water partition coefficient (Wildman–Crippen LogP) is 1.95. The summed E-state index contributed by atoms with van der Waals surface area (Å²) in [5, 5.41) is 9.42. The molecule has 1 aromatic rings. The molecule has 0 amide bonds. The number of rotatable bonds is 3. The number of hydrogen-bond acceptors (Lipinski definition) is 5. The van der Waals surface area contributed by atoms with Gasteiger partial charge < -0.3 is 14.9 Å². The van der Waals surface area contributed by atoms with Gasteiger partial charge in [0.1, 0.15) is 18.2 Å². The molecule has 0 atom stereocenters. The fourth-order valence-corrected chi connectivity index (χ4v) is 3.11.